The average Bonchev–Trinajstić information content (AvgIpc) is 3.01. The van der Waals surface area contributed by atoms with Crippen molar-refractivity contribution in [1.29, 1.82) is 0 Å². The Bertz CT molecular complexity index is 537. The van der Waals surface area contributed by atoms with Gasteiger partial charge in [0.25, 0.3) is 0 Å². The van der Waals surface area contributed by atoms with Gasteiger partial charge in [-0.25, -0.2) is 0 Å². The standard InChI is InChI=1S/C15H17ClN2O2/c16-12-4-3-11(9-18-13-2-1-5-17-10-13)14(8-12)15-19-6-7-20-15/h1-5,8,15,17-18H,6-7,9-10H2. The molecule has 2 aliphatic rings. The molecule has 1 fully saturated rings. The van der Waals surface area contributed by atoms with Crippen molar-refractivity contribution in [3.05, 3.63) is 58.4 Å². The summed E-state index contributed by atoms with van der Waals surface area (Å²) in [5.41, 5.74) is 3.29. The lowest BCUT2D eigenvalue weighted by atomic mass is 10.1. The summed E-state index contributed by atoms with van der Waals surface area (Å²) in [7, 11) is 0. The van der Waals surface area contributed by atoms with E-state index < -0.39 is 0 Å². The molecule has 3 rings (SSSR count). The third-order valence-electron chi connectivity index (χ3n) is 3.29. The number of benzene rings is 1. The first-order valence-electron chi connectivity index (χ1n) is 6.67. The largest absolute Gasteiger partial charge is 0.385 e. The second-order valence-corrected chi connectivity index (χ2v) is 5.14. The van der Waals surface area contributed by atoms with Gasteiger partial charge in [0.15, 0.2) is 6.29 Å². The summed E-state index contributed by atoms with van der Waals surface area (Å²) in [4.78, 5) is 0. The van der Waals surface area contributed by atoms with Crippen molar-refractivity contribution in [3.8, 4) is 0 Å². The third kappa shape index (κ3) is 3.15. The van der Waals surface area contributed by atoms with E-state index in [0.29, 0.717) is 18.2 Å². The van der Waals surface area contributed by atoms with Crippen LogP contribution >= 0.6 is 11.6 Å². The molecule has 0 aliphatic carbocycles. The van der Waals surface area contributed by atoms with Crippen LogP contribution in [0, 0.1) is 0 Å². The van der Waals surface area contributed by atoms with Crippen LogP contribution in [0.1, 0.15) is 17.4 Å². The molecular formula is C15H17ClN2O2. The van der Waals surface area contributed by atoms with E-state index in [1.807, 2.05) is 30.5 Å². The molecule has 4 nitrogen and oxygen atoms in total. The van der Waals surface area contributed by atoms with Gasteiger partial charge in [-0.1, -0.05) is 17.7 Å². The molecule has 0 radical (unpaired) electrons. The highest BCUT2D eigenvalue weighted by Gasteiger charge is 2.21. The van der Waals surface area contributed by atoms with Gasteiger partial charge in [0.05, 0.1) is 19.8 Å². The van der Waals surface area contributed by atoms with Crippen LogP contribution in [0.15, 0.2) is 42.2 Å². The van der Waals surface area contributed by atoms with E-state index in [-0.39, 0.29) is 6.29 Å². The molecule has 0 atom stereocenters. The highest BCUT2D eigenvalue weighted by molar-refractivity contribution is 6.30. The van der Waals surface area contributed by atoms with Crippen LogP contribution in [-0.2, 0) is 16.0 Å². The highest BCUT2D eigenvalue weighted by Crippen LogP contribution is 2.29. The number of dihydropyridines is 1. The average molecular weight is 293 g/mol. The minimum absolute atomic E-state index is 0.302. The minimum atomic E-state index is -0.302. The van der Waals surface area contributed by atoms with Crippen molar-refractivity contribution >= 4 is 11.6 Å². The minimum Gasteiger partial charge on any atom is -0.385 e. The van der Waals surface area contributed by atoms with Crippen molar-refractivity contribution in [2.45, 2.75) is 12.8 Å². The van der Waals surface area contributed by atoms with Gasteiger partial charge in [-0.2, -0.15) is 0 Å². The second-order valence-electron chi connectivity index (χ2n) is 4.70. The van der Waals surface area contributed by atoms with Crippen molar-refractivity contribution in [1.82, 2.24) is 10.6 Å². The zero-order chi connectivity index (χ0) is 13.8. The zero-order valence-electron chi connectivity index (χ0n) is 11.1. The molecule has 2 aliphatic heterocycles. The molecule has 1 aromatic carbocycles. The van der Waals surface area contributed by atoms with Crippen molar-refractivity contribution in [2.24, 2.45) is 0 Å². The molecule has 2 heterocycles. The van der Waals surface area contributed by atoms with Gasteiger partial charge in [0.1, 0.15) is 0 Å². The summed E-state index contributed by atoms with van der Waals surface area (Å²) in [5.74, 6) is 0. The second kappa shape index (κ2) is 6.31. The van der Waals surface area contributed by atoms with E-state index in [2.05, 4.69) is 16.7 Å². The van der Waals surface area contributed by atoms with Gasteiger partial charge < -0.3 is 20.1 Å². The molecule has 0 spiro atoms. The summed E-state index contributed by atoms with van der Waals surface area (Å²) < 4.78 is 11.2. The zero-order valence-corrected chi connectivity index (χ0v) is 11.8. The highest BCUT2D eigenvalue weighted by atomic mass is 35.5. The molecule has 2 N–H and O–H groups in total. The first-order chi connectivity index (χ1) is 9.83. The fraction of sp³-hybridized carbons (Fsp3) is 0.333. The molecule has 0 aromatic heterocycles. The first-order valence-corrected chi connectivity index (χ1v) is 7.05. The lowest BCUT2D eigenvalue weighted by Gasteiger charge is -2.18. The summed E-state index contributed by atoms with van der Waals surface area (Å²) >= 11 is 6.08. The van der Waals surface area contributed by atoms with Crippen LogP contribution in [0.5, 0.6) is 0 Å². The lowest BCUT2D eigenvalue weighted by molar-refractivity contribution is -0.0447. The third-order valence-corrected chi connectivity index (χ3v) is 3.53. The fourth-order valence-electron chi connectivity index (χ4n) is 2.27. The van der Waals surface area contributed by atoms with Gasteiger partial charge in [-0.3, -0.25) is 0 Å². The lowest BCUT2D eigenvalue weighted by Crippen LogP contribution is -2.24. The van der Waals surface area contributed by atoms with Crippen molar-refractivity contribution in [3.63, 3.8) is 0 Å². The molecular weight excluding hydrogens is 276 g/mol. The predicted molar refractivity (Wildman–Crippen MR) is 78.2 cm³/mol. The van der Waals surface area contributed by atoms with Crippen LogP contribution in [0.2, 0.25) is 5.02 Å². The molecule has 5 heteroatoms. The maximum absolute atomic E-state index is 6.08. The number of nitrogens with one attached hydrogen (secondary N) is 2. The quantitative estimate of drug-likeness (QED) is 0.895. The molecule has 0 bridgehead atoms. The fourth-order valence-corrected chi connectivity index (χ4v) is 2.46. The molecule has 0 amide bonds. The Morgan fingerprint density at radius 1 is 1.30 bits per heavy atom. The monoisotopic (exact) mass is 292 g/mol. The van der Waals surface area contributed by atoms with E-state index in [1.165, 1.54) is 0 Å². The van der Waals surface area contributed by atoms with Gasteiger partial charge in [-0.15, -0.1) is 0 Å². The van der Waals surface area contributed by atoms with Crippen LogP contribution in [0.4, 0.5) is 0 Å². The Labute approximate surface area is 123 Å². The molecule has 0 unspecified atom stereocenters. The number of allylic oxidation sites excluding steroid dienone is 2. The maximum atomic E-state index is 6.08. The number of hydrogen-bond donors (Lipinski definition) is 2. The van der Waals surface area contributed by atoms with Crippen molar-refractivity contribution in [2.75, 3.05) is 19.8 Å². The van der Waals surface area contributed by atoms with Gasteiger partial charge in [-0.05, 0) is 36.0 Å². The Morgan fingerprint density at radius 3 is 2.90 bits per heavy atom. The topological polar surface area (TPSA) is 42.5 Å². The van der Waals surface area contributed by atoms with E-state index >= 15 is 0 Å². The number of halogens is 1. The van der Waals surface area contributed by atoms with Gasteiger partial charge in [0.2, 0.25) is 0 Å². The molecule has 1 aromatic rings. The first kappa shape index (κ1) is 13.5. The van der Waals surface area contributed by atoms with Gasteiger partial charge in [0, 0.05) is 22.8 Å². The van der Waals surface area contributed by atoms with Gasteiger partial charge >= 0.3 is 0 Å². The van der Waals surface area contributed by atoms with E-state index in [1.54, 1.807) is 0 Å². The van der Waals surface area contributed by atoms with E-state index in [0.717, 1.165) is 29.9 Å². The van der Waals surface area contributed by atoms with Crippen LogP contribution in [-0.4, -0.2) is 19.8 Å². The van der Waals surface area contributed by atoms with Crippen molar-refractivity contribution < 1.29 is 9.47 Å². The summed E-state index contributed by atoms with van der Waals surface area (Å²) in [5, 5.41) is 7.28. The summed E-state index contributed by atoms with van der Waals surface area (Å²) in [6.07, 6.45) is 5.68. The number of rotatable bonds is 4. The predicted octanol–water partition coefficient (Wildman–Crippen LogP) is 2.48. The Kier molecular flexibility index (Phi) is 4.25. The smallest absolute Gasteiger partial charge is 0.184 e. The van der Waals surface area contributed by atoms with Crippen LogP contribution in [0.25, 0.3) is 0 Å². The van der Waals surface area contributed by atoms with Crippen LogP contribution in [0.3, 0.4) is 0 Å². The Morgan fingerprint density at radius 2 is 2.15 bits per heavy atom. The molecule has 1 saturated heterocycles. The summed E-state index contributed by atoms with van der Waals surface area (Å²) in [6, 6.07) is 5.83. The van der Waals surface area contributed by atoms with Crippen LogP contribution < -0.4 is 10.6 Å². The summed E-state index contributed by atoms with van der Waals surface area (Å²) in [6.45, 7) is 2.79. The normalized spacial score (nSPS) is 18.8. The number of hydrogen-bond acceptors (Lipinski definition) is 4. The maximum Gasteiger partial charge on any atom is 0.184 e. The SMILES string of the molecule is Clc1ccc(CNC2=CC=CNC2)c(C2OCCO2)c1. The number of ether oxygens (including phenoxy) is 2. The molecule has 106 valence electrons. The molecule has 0 saturated carbocycles. The Balaban J connectivity index is 1.74. The Hall–Kier alpha value is -1.49. The molecule has 20 heavy (non-hydrogen) atoms. The van der Waals surface area contributed by atoms with E-state index in [9.17, 15) is 0 Å². The van der Waals surface area contributed by atoms with E-state index in [4.69, 9.17) is 21.1 Å².